The van der Waals surface area contributed by atoms with Crippen LogP contribution in [0.25, 0.3) is 17.1 Å². The minimum absolute atomic E-state index is 0.0890. The highest BCUT2D eigenvalue weighted by molar-refractivity contribution is 5.82. The molecule has 2 aromatic carbocycles. The van der Waals surface area contributed by atoms with Crippen LogP contribution in [0.3, 0.4) is 0 Å². The molecule has 6 nitrogen and oxygen atoms in total. The van der Waals surface area contributed by atoms with Crippen molar-refractivity contribution in [1.29, 1.82) is 0 Å². The predicted molar refractivity (Wildman–Crippen MR) is 108 cm³/mol. The number of imidazole rings is 1. The number of aromatic nitrogens is 2. The van der Waals surface area contributed by atoms with Gasteiger partial charge in [0, 0.05) is 13.1 Å². The molecule has 2 heterocycles. The summed E-state index contributed by atoms with van der Waals surface area (Å²) in [5.41, 5.74) is 3.82. The average molecular weight is 374 g/mol. The van der Waals surface area contributed by atoms with Crippen molar-refractivity contribution in [2.24, 2.45) is 0 Å². The lowest BCUT2D eigenvalue weighted by atomic mass is 9.93. The lowest BCUT2D eigenvalue weighted by Crippen LogP contribution is -2.36. The monoisotopic (exact) mass is 374 g/mol. The highest BCUT2D eigenvalue weighted by Gasteiger charge is 2.28. The number of nitrogens with one attached hydrogen (secondary N) is 2. The zero-order valence-electron chi connectivity index (χ0n) is 15.8. The number of hydrogen-bond acceptors (Lipinski definition) is 3. The first-order valence-electron chi connectivity index (χ1n) is 9.33. The number of amides is 2. The van der Waals surface area contributed by atoms with E-state index in [-0.39, 0.29) is 30.3 Å². The maximum Gasteiger partial charge on any atom is 0.223 e. The van der Waals surface area contributed by atoms with E-state index < -0.39 is 0 Å². The van der Waals surface area contributed by atoms with Crippen molar-refractivity contribution >= 4 is 28.9 Å². The molecule has 6 heteroatoms. The van der Waals surface area contributed by atoms with Crippen molar-refractivity contribution < 1.29 is 9.59 Å². The third-order valence-electron chi connectivity index (χ3n) is 5.04. The molecule has 0 saturated carbocycles. The standard InChI is InChI=1S/C22H22N4O2/c1-14(22-24-18-9-5-6-10-19(18)25-22)23-21(28)13-20-17-8-4-3-7-16(17)11-12-26(20)15(2)27/h3-12,14,20H,13H2,1-2H3,(H,23,28)(H,24,25)/t14-,20+/m1/s1. The molecule has 28 heavy (non-hydrogen) atoms. The number of aromatic amines is 1. The summed E-state index contributed by atoms with van der Waals surface area (Å²) in [5, 5.41) is 3.00. The summed E-state index contributed by atoms with van der Waals surface area (Å²) in [6.45, 7) is 3.41. The van der Waals surface area contributed by atoms with Crippen LogP contribution in [0.1, 0.15) is 49.3 Å². The summed E-state index contributed by atoms with van der Waals surface area (Å²) in [7, 11) is 0. The Balaban J connectivity index is 1.51. The molecule has 4 rings (SSSR count). The number of para-hydroxylation sites is 2. The van der Waals surface area contributed by atoms with Crippen LogP contribution in [0, 0.1) is 0 Å². The van der Waals surface area contributed by atoms with Crippen molar-refractivity contribution in [1.82, 2.24) is 20.2 Å². The van der Waals surface area contributed by atoms with E-state index in [0.717, 1.165) is 22.2 Å². The molecule has 142 valence electrons. The third-order valence-corrected chi connectivity index (χ3v) is 5.04. The molecule has 0 fully saturated rings. The second-order valence-corrected chi connectivity index (χ2v) is 7.02. The quantitative estimate of drug-likeness (QED) is 0.731. The van der Waals surface area contributed by atoms with E-state index in [1.807, 2.05) is 61.5 Å². The molecule has 2 amide bonds. The zero-order valence-corrected chi connectivity index (χ0v) is 15.8. The molecule has 0 spiro atoms. The van der Waals surface area contributed by atoms with E-state index in [1.165, 1.54) is 6.92 Å². The van der Waals surface area contributed by atoms with Crippen LogP contribution in [0.15, 0.2) is 54.7 Å². The van der Waals surface area contributed by atoms with Gasteiger partial charge in [0.05, 0.1) is 29.5 Å². The van der Waals surface area contributed by atoms with Crippen molar-refractivity contribution in [2.45, 2.75) is 32.4 Å². The minimum atomic E-state index is -0.318. The first-order chi connectivity index (χ1) is 13.5. The molecule has 0 bridgehead atoms. The number of H-pyrrole nitrogens is 1. The van der Waals surface area contributed by atoms with Gasteiger partial charge in [-0.3, -0.25) is 9.59 Å². The van der Waals surface area contributed by atoms with Crippen LogP contribution in [0.2, 0.25) is 0 Å². The Kier molecular flexibility index (Phi) is 4.69. The van der Waals surface area contributed by atoms with Gasteiger partial charge in [0.1, 0.15) is 5.82 Å². The summed E-state index contributed by atoms with van der Waals surface area (Å²) < 4.78 is 0. The summed E-state index contributed by atoms with van der Waals surface area (Å²) in [4.78, 5) is 34.3. The van der Waals surface area contributed by atoms with Crippen LogP contribution in [-0.2, 0) is 9.59 Å². The number of hydrogen-bond donors (Lipinski definition) is 2. The molecule has 0 saturated heterocycles. The highest BCUT2D eigenvalue weighted by Crippen LogP contribution is 2.33. The molecule has 2 atom stereocenters. The fraction of sp³-hybridized carbons (Fsp3) is 0.227. The van der Waals surface area contributed by atoms with Crippen LogP contribution >= 0.6 is 0 Å². The largest absolute Gasteiger partial charge is 0.346 e. The minimum Gasteiger partial charge on any atom is -0.346 e. The van der Waals surface area contributed by atoms with Crippen LogP contribution < -0.4 is 5.32 Å². The molecular weight excluding hydrogens is 352 g/mol. The van der Waals surface area contributed by atoms with Crippen molar-refractivity contribution in [3.8, 4) is 0 Å². The van der Waals surface area contributed by atoms with Gasteiger partial charge in [0.2, 0.25) is 11.8 Å². The SMILES string of the molecule is CC(=O)N1C=Cc2ccccc2[C@@H]1CC(=O)N[C@H](C)c1nc2ccccc2[nH]1. The summed E-state index contributed by atoms with van der Waals surface area (Å²) >= 11 is 0. The lowest BCUT2D eigenvalue weighted by molar-refractivity contribution is -0.130. The topological polar surface area (TPSA) is 78.1 Å². The maximum absolute atomic E-state index is 12.8. The molecule has 1 aliphatic rings. The van der Waals surface area contributed by atoms with E-state index in [0.29, 0.717) is 5.82 Å². The van der Waals surface area contributed by atoms with E-state index in [9.17, 15) is 9.59 Å². The van der Waals surface area contributed by atoms with Crippen LogP contribution in [0.5, 0.6) is 0 Å². The molecule has 0 aliphatic carbocycles. The zero-order chi connectivity index (χ0) is 19.7. The summed E-state index contributed by atoms with van der Waals surface area (Å²) in [6, 6.07) is 15.0. The Bertz CT molecular complexity index is 1040. The Morgan fingerprint density at radius 3 is 2.71 bits per heavy atom. The van der Waals surface area contributed by atoms with Crippen molar-refractivity contribution in [3.63, 3.8) is 0 Å². The molecule has 3 aromatic rings. The molecule has 2 N–H and O–H groups in total. The fourth-order valence-electron chi connectivity index (χ4n) is 3.64. The van der Waals surface area contributed by atoms with Crippen molar-refractivity contribution in [3.05, 3.63) is 71.7 Å². The molecule has 1 aromatic heterocycles. The molecule has 0 radical (unpaired) electrons. The number of fused-ring (bicyclic) bond motifs is 2. The lowest BCUT2D eigenvalue weighted by Gasteiger charge is -2.32. The van der Waals surface area contributed by atoms with Crippen LogP contribution in [0.4, 0.5) is 0 Å². The van der Waals surface area contributed by atoms with Gasteiger partial charge in [0.25, 0.3) is 0 Å². The van der Waals surface area contributed by atoms with Gasteiger partial charge in [0.15, 0.2) is 0 Å². The van der Waals surface area contributed by atoms with E-state index >= 15 is 0 Å². The first-order valence-corrected chi connectivity index (χ1v) is 9.33. The second-order valence-electron chi connectivity index (χ2n) is 7.02. The van der Waals surface area contributed by atoms with Gasteiger partial charge in [-0.05, 0) is 36.3 Å². The van der Waals surface area contributed by atoms with Gasteiger partial charge in [-0.15, -0.1) is 0 Å². The van der Waals surface area contributed by atoms with Crippen LogP contribution in [-0.4, -0.2) is 26.7 Å². The number of nitrogens with zero attached hydrogens (tertiary/aromatic N) is 2. The van der Waals surface area contributed by atoms with Gasteiger partial charge in [-0.1, -0.05) is 36.4 Å². The third kappa shape index (κ3) is 3.41. The Hall–Kier alpha value is -3.41. The maximum atomic E-state index is 12.8. The smallest absolute Gasteiger partial charge is 0.223 e. The first kappa shape index (κ1) is 18.0. The number of benzene rings is 2. The fourth-order valence-corrected chi connectivity index (χ4v) is 3.64. The summed E-state index contributed by atoms with van der Waals surface area (Å²) in [5.74, 6) is 0.491. The number of rotatable bonds is 4. The molecule has 1 aliphatic heterocycles. The van der Waals surface area contributed by atoms with Gasteiger partial charge >= 0.3 is 0 Å². The Morgan fingerprint density at radius 2 is 1.93 bits per heavy atom. The average Bonchev–Trinajstić information content (AvgIpc) is 3.12. The predicted octanol–water partition coefficient (Wildman–Crippen LogP) is 3.70. The van der Waals surface area contributed by atoms with Crippen molar-refractivity contribution in [2.75, 3.05) is 0 Å². The Labute approximate surface area is 163 Å². The Morgan fingerprint density at radius 1 is 1.18 bits per heavy atom. The van der Waals surface area contributed by atoms with Gasteiger partial charge in [-0.2, -0.15) is 0 Å². The second kappa shape index (κ2) is 7.31. The van der Waals surface area contributed by atoms with E-state index in [4.69, 9.17) is 0 Å². The molecular formula is C22H22N4O2. The highest BCUT2D eigenvalue weighted by atomic mass is 16.2. The number of carbonyl (C=O) groups is 2. The molecule has 0 unspecified atom stereocenters. The van der Waals surface area contributed by atoms with E-state index in [2.05, 4.69) is 15.3 Å². The van der Waals surface area contributed by atoms with E-state index in [1.54, 1.807) is 11.1 Å². The number of carbonyl (C=O) groups excluding carboxylic acids is 2. The van der Waals surface area contributed by atoms with Gasteiger partial charge in [-0.25, -0.2) is 4.98 Å². The summed E-state index contributed by atoms with van der Waals surface area (Å²) in [6.07, 6.45) is 3.85. The van der Waals surface area contributed by atoms with Gasteiger partial charge < -0.3 is 15.2 Å². The normalized spacial score (nSPS) is 16.6.